The van der Waals surface area contributed by atoms with Crippen LogP contribution in [0.4, 0.5) is 0 Å². The summed E-state index contributed by atoms with van der Waals surface area (Å²) < 4.78 is 1.81. The summed E-state index contributed by atoms with van der Waals surface area (Å²) in [6.45, 7) is 2.07. The maximum Gasteiger partial charge on any atom is 0.0646 e. The molecule has 0 radical (unpaired) electrons. The van der Waals surface area contributed by atoms with Crippen LogP contribution in [0.2, 0.25) is 0 Å². The molecule has 0 atom stereocenters. The molecule has 0 saturated carbocycles. The first-order valence-corrected chi connectivity index (χ1v) is 4.51. The smallest absolute Gasteiger partial charge is 0.0646 e. The van der Waals surface area contributed by atoms with Gasteiger partial charge in [0.25, 0.3) is 0 Å². The number of hydrogen-bond donors (Lipinski definition) is 1. The van der Waals surface area contributed by atoms with E-state index in [9.17, 15) is 0 Å². The molecule has 0 N–H and O–H groups in total. The number of benzene rings is 1. The molecule has 3 heteroatoms. The van der Waals surface area contributed by atoms with Crippen LogP contribution in [0.1, 0.15) is 5.56 Å². The van der Waals surface area contributed by atoms with Crippen molar-refractivity contribution in [1.29, 1.82) is 0 Å². The van der Waals surface area contributed by atoms with Crippen LogP contribution in [0.15, 0.2) is 41.6 Å². The highest BCUT2D eigenvalue weighted by Crippen LogP contribution is 2.10. The van der Waals surface area contributed by atoms with E-state index >= 15 is 0 Å². The van der Waals surface area contributed by atoms with E-state index in [1.54, 1.807) is 6.20 Å². The Hall–Kier alpha value is -1.22. The summed E-state index contributed by atoms with van der Waals surface area (Å²) >= 11 is 4.19. The lowest BCUT2D eigenvalue weighted by Gasteiger charge is -2.00. The summed E-state index contributed by atoms with van der Waals surface area (Å²) in [4.78, 5) is 0.876. The molecule has 1 heterocycles. The summed E-state index contributed by atoms with van der Waals surface area (Å²) in [6.07, 6.45) is 3.61. The van der Waals surface area contributed by atoms with Crippen molar-refractivity contribution in [3.8, 4) is 5.69 Å². The molecule has 66 valence electrons. The monoisotopic (exact) mass is 190 g/mol. The Morgan fingerprint density at radius 1 is 1.23 bits per heavy atom. The lowest BCUT2D eigenvalue weighted by molar-refractivity contribution is 0.879. The minimum absolute atomic E-state index is 0.876. The molecule has 2 nitrogen and oxygen atoms in total. The van der Waals surface area contributed by atoms with Crippen molar-refractivity contribution in [2.45, 2.75) is 11.8 Å². The fourth-order valence-corrected chi connectivity index (χ4v) is 1.31. The highest BCUT2D eigenvalue weighted by atomic mass is 32.1. The summed E-state index contributed by atoms with van der Waals surface area (Å²) in [6, 6.07) is 8.20. The van der Waals surface area contributed by atoms with Gasteiger partial charge in [0.1, 0.15) is 0 Å². The zero-order valence-corrected chi connectivity index (χ0v) is 8.20. The van der Waals surface area contributed by atoms with Crippen molar-refractivity contribution in [2.75, 3.05) is 0 Å². The van der Waals surface area contributed by atoms with E-state index < -0.39 is 0 Å². The minimum Gasteiger partial charge on any atom is -0.240 e. The van der Waals surface area contributed by atoms with Gasteiger partial charge in [-0.3, -0.25) is 0 Å². The van der Waals surface area contributed by atoms with Gasteiger partial charge in [0.05, 0.1) is 11.9 Å². The SMILES string of the molecule is Cc1ccc(-n2cc(S)cn2)cc1. The molecule has 0 aliphatic carbocycles. The number of aromatic nitrogens is 2. The van der Waals surface area contributed by atoms with Crippen molar-refractivity contribution < 1.29 is 0 Å². The largest absolute Gasteiger partial charge is 0.240 e. The van der Waals surface area contributed by atoms with Gasteiger partial charge < -0.3 is 0 Å². The van der Waals surface area contributed by atoms with Crippen LogP contribution < -0.4 is 0 Å². The third-order valence-electron chi connectivity index (χ3n) is 1.87. The van der Waals surface area contributed by atoms with Crippen molar-refractivity contribution >= 4 is 12.6 Å². The molecule has 0 spiro atoms. The van der Waals surface area contributed by atoms with Gasteiger partial charge in [0, 0.05) is 11.1 Å². The average Bonchev–Trinajstić information content (AvgIpc) is 2.53. The Balaban J connectivity index is 2.41. The number of thiol groups is 1. The Morgan fingerprint density at radius 2 is 1.92 bits per heavy atom. The number of aryl methyl sites for hydroxylation is 1. The van der Waals surface area contributed by atoms with Gasteiger partial charge in [-0.25, -0.2) is 4.68 Å². The van der Waals surface area contributed by atoms with Crippen LogP contribution in [0.25, 0.3) is 5.69 Å². The molecule has 0 saturated heterocycles. The maximum atomic E-state index is 4.19. The summed E-state index contributed by atoms with van der Waals surface area (Å²) in [5.41, 5.74) is 2.31. The van der Waals surface area contributed by atoms with E-state index in [1.165, 1.54) is 5.56 Å². The second-order valence-corrected chi connectivity index (χ2v) is 3.50. The highest BCUT2D eigenvalue weighted by Gasteiger charge is 1.96. The fourth-order valence-electron chi connectivity index (χ4n) is 1.15. The molecule has 2 rings (SSSR count). The average molecular weight is 190 g/mol. The predicted molar refractivity (Wildman–Crippen MR) is 55.6 cm³/mol. The van der Waals surface area contributed by atoms with Gasteiger partial charge in [0.15, 0.2) is 0 Å². The molecular weight excluding hydrogens is 180 g/mol. The second kappa shape index (κ2) is 3.26. The van der Waals surface area contributed by atoms with E-state index in [0.717, 1.165) is 10.6 Å². The third kappa shape index (κ3) is 1.75. The lowest BCUT2D eigenvalue weighted by Crippen LogP contribution is -1.93. The third-order valence-corrected chi connectivity index (χ3v) is 2.10. The van der Waals surface area contributed by atoms with E-state index in [2.05, 4.69) is 36.8 Å². The molecule has 0 amide bonds. The van der Waals surface area contributed by atoms with Gasteiger partial charge in [-0.2, -0.15) is 5.10 Å². The normalized spacial score (nSPS) is 10.3. The van der Waals surface area contributed by atoms with Crippen LogP contribution in [-0.4, -0.2) is 9.78 Å². The Morgan fingerprint density at radius 3 is 2.46 bits per heavy atom. The highest BCUT2D eigenvalue weighted by molar-refractivity contribution is 7.80. The Labute approximate surface area is 82.6 Å². The maximum absolute atomic E-state index is 4.19. The standard InChI is InChI=1S/C10H10N2S/c1-8-2-4-9(5-3-8)12-7-10(13)6-11-12/h2-7,13H,1H3. The van der Waals surface area contributed by atoms with Crippen LogP contribution in [0.3, 0.4) is 0 Å². The summed E-state index contributed by atoms with van der Waals surface area (Å²) in [5.74, 6) is 0. The van der Waals surface area contributed by atoms with Crippen LogP contribution in [0.5, 0.6) is 0 Å². The number of rotatable bonds is 1. The minimum atomic E-state index is 0.876. The molecule has 0 fully saturated rings. The molecule has 0 bridgehead atoms. The Kier molecular flexibility index (Phi) is 2.10. The zero-order valence-electron chi connectivity index (χ0n) is 7.31. The predicted octanol–water partition coefficient (Wildman–Crippen LogP) is 2.47. The second-order valence-electron chi connectivity index (χ2n) is 2.98. The van der Waals surface area contributed by atoms with Crippen LogP contribution >= 0.6 is 12.6 Å². The van der Waals surface area contributed by atoms with E-state index in [-0.39, 0.29) is 0 Å². The molecular formula is C10H10N2S. The quantitative estimate of drug-likeness (QED) is 0.684. The number of hydrogen-bond acceptors (Lipinski definition) is 2. The first kappa shape index (κ1) is 8.38. The first-order chi connectivity index (χ1) is 6.25. The number of nitrogens with zero attached hydrogens (tertiary/aromatic N) is 2. The zero-order chi connectivity index (χ0) is 9.26. The van der Waals surface area contributed by atoms with Gasteiger partial charge in [-0.05, 0) is 19.1 Å². The molecule has 1 aromatic carbocycles. The lowest BCUT2D eigenvalue weighted by atomic mass is 10.2. The molecule has 0 unspecified atom stereocenters. The van der Waals surface area contributed by atoms with Crippen LogP contribution in [0, 0.1) is 6.92 Å². The van der Waals surface area contributed by atoms with Gasteiger partial charge >= 0.3 is 0 Å². The topological polar surface area (TPSA) is 17.8 Å². The van der Waals surface area contributed by atoms with Crippen molar-refractivity contribution in [3.63, 3.8) is 0 Å². The van der Waals surface area contributed by atoms with Crippen molar-refractivity contribution in [2.24, 2.45) is 0 Å². The molecule has 0 aliphatic heterocycles. The summed E-state index contributed by atoms with van der Waals surface area (Å²) in [5, 5.41) is 4.16. The van der Waals surface area contributed by atoms with E-state index in [1.807, 2.05) is 23.0 Å². The van der Waals surface area contributed by atoms with Crippen LogP contribution in [-0.2, 0) is 0 Å². The first-order valence-electron chi connectivity index (χ1n) is 4.06. The summed E-state index contributed by atoms with van der Waals surface area (Å²) in [7, 11) is 0. The van der Waals surface area contributed by atoms with Gasteiger partial charge in [0.2, 0.25) is 0 Å². The van der Waals surface area contributed by atoms with Crippen molar-refractivity contribution in [3.05, 3.63) is 42.2 Å². The van der Waals surface area contributed by atoms with Crippen molar-refractivity contribution in [1.82, 2.24) is 9.78 Å². The van der Waals surface area contributed by atoms with Gasteiger partial charge in [-0.1, -0.05) is 17.7 Å². The van der Waals surface area contributed by atoms with Gasteiger partial charge in [-0.15, -0.1) is 12.6 Å². The Bertz CT molecular complexity index is 403. The molecule has 13 heavy (non-hydrogen) atoms. The van der Waals surface area contributed by atoms with E-state index in [4.69, 9.17) is 0 Å². The molecule has 0 aliphatic rings. The molecule has 2 aromatic rings. The fraction of sp³-hybridized carbons (Fsp3) is 0.100. The van der Waals surface area contributed by atoms with E-state index in [0.29, 0.717) is 0 Å². The molecule has 1 aromatic heterocycles.